The lowest BCUT2D eigenvalue weighted by atomic mass is 10.1. The van der Waals surface area contributed by atoms with E-state index in [-0.39, 0.29) is 0 Å². The summed E-state index contributed by atoms with van der Waals surface area (Å²) in [5, 5.41) is 4.69. The molecule has 1 saturated carbocycles. The molecule has 1 aromatic carbocycles. The Hall–Kier alpha value is -2.20. The third-order valence-corrected chi connectivity index (χ3v) is 5.77. The van der Waals surface area contributed by atoms with Crippen molar-refractivity contribution < 1.29 is 0 Å². The first kappa shape index (κ1) is 16.3. The van der Waals surface area contributed by atoms with Crippen LogP contribution in [-0.4, -0.2) is 16.0 Å². The second-order valence-corrected chi connectivity index (χ2v) is 8.04. The third kappa shape index (κ3) is 3.59. The number of pyridine rings is 1. The van der Waals surface area contributed by atoms with E-state index < -0.39 is 0 Å². The third-order valence-electron chi connectivity index (χ3n) is 4.75. The van der Waals surface area contributed by atoms with Gasteiger partial charge in [-0.2, -0.15) is 0 Å². The number of hydrogen-bond donors (Lipinski definition) is 1. The first-order valence-electron chi connectivity index (χ1n) is 8.96. The van der Waals surface area contributed by atoms with Gasteiger partial charge in [0, 0.05) is 17.8 Å². The Morgan fingerprint density at radius 2 is 1.88 bits per heavy atom. The van der Waals surface area contributed by atoms with E-state index >= 15 is 0 Å². The molecule has 4 heteroatoms. The average molecular weight is 350 g/mol. The summed E-state index contributed by atoms with van der Waals surface area (Å²) in [5.41, 5.74) is 4.70. The van der Waals surface area contributed by atoms with Gasteiger partial charge < -0.3 is 5.32 Å². The summed E-state index contributed by atoms with van der Waals surface area (Å²) in [7, 11) is 0. The summed E-state index contributed by atoms with van der Waals surface area (Å²) in [6.45, 7) is 4.20. The van der Waals surface area contributed by atoms with Gasteiger partial charge in [-0.25, -0.2) is 9.97 Å². The number of rotatable bonds is 4. The summed E-state index contributed by atoms with van der Waals surface area (Å²) in [6, 6.07) is 13.4. The van der Waals surface area contributed by atoms with Crippen LogP contribution in [0, 0.1) is 13.8 Å². The van der Waals surface area contributed by atoms with Gasteiger partial charge in [-0.15, -0.1) is 11.3 Å². The second kappa shape index (κ2) is 6.96. The van der Waals surface area contributed by atoms with Crippen LogP contribution in [0.1, 0.15) is 36.3 Å². The topological polar surface area (TPSA) is 37.8 Å². The van der Waals surface area contributed by atoms with Crippen molar-refractivity contribution in [3.8, 4) is 21.7 Å². The van der Waals surface area contributed by atoms with E-state index in [9.17, 15) is 0 Å². The van der Waals surface area contributed by atoms with Gasteiger partial charge in [0.1, 0.15) is 5.82 Å². The molecule has 1 fully saturated rings. The molecular weight excluding hydrogens is 326 g/mol. The number of nitrogens with zero attached hydrogens (tertiary/aromatic N) is 2. The van der Waals surface area contributed by atoms with Crippen LogP contribution >= 0.6 is 11.3 Å². The molecule has 25 heavy (non-hydrogen) atoms. The van der Waals surface area contributed by atoms with Crippen LogP contribution in [-0.2, 0) is 0 Å². The van der Waals surface area contributed by atoms with E-state index in [0.717, 1.165) is 16.5 Å². The zero-order valence-electron chi connectivity index (χ0n) is 14.7. The lowest BCUT2D eigenvalue weighted by molar-refractivity contribution is 0.750. The van der Waals surface area contributed by atoms with Gasteiger partial charge in [0.05, 0.1) is 15.6 Å². The lowest BCUT2D eigenvalue weighted by Crippen LogP contribution is -2.15. The summed E-state index contributed by atoms with van der Waals surface area (Å²) >= 11 is 1.75. The molecule has 0 amide bonds. The van der Waals surface area contributed by atoms with E-state index in [0.29, 0.717) is 6.04 Å². The quantitative estimate of drug-likeness (QED) is 0.642. The van der Waals surface area contributed by atoms with E-state index in [1.807, 2.05) is 6.20 Å². The molecular formula is C21H23N3S. The highest BCUT2D eigenvalue weighted by Gasteiger charge is 2.17. The number of benzene rings is 1. The molecule has 2 aromatic heterocycles. The number of aromatic nitrogens is 2. The van der Waals surface area contributed by atoms with Crippen molar-refractivity contribution in [2.24, 2.45) is 0 Å². The molecule has 1 N–H and O–H groups in total. The van der Waals surface area contributed by atoms with Crippen molar-refractivity contribution >= 4 is 17.2 Å². The summed E-state index contributed by atoms with van der Waals surface area (Å²) in [5.74, 6) is 0.977. The fourth-order valence-corrected chi connectivity index (χ4v) is 4.48. The van der Waals surface area contributed by atoms with Gasteiger partial charge in [0.2, 0.25) is 0 Å². The van der Waals surface area contributed by atoms with Crippen molar-refractivity contribution in [2.45, 2.75) is 45.6 Å². The normalized spacial score (nSPS) is 14.8. The van der Waals surface area contributed by atoms with Crippen molar-refractivity contribution in [1.29, 1.82) is 0 Å². The molecule has 0 unspecified atom stereocenters. The number of anilines is 1. The Bertz CT molecular complexity index is 878. The van der Waals surface area contributed by atoms with E-state index in [2.05, 4.69) is 60.5 Å². The molecule has 0 radical (unpaired) electrons. The lowest BCUT2D eigenvalue weighted by Gasteiger charge is -2.13. The Labute approximate surface area is 153 Å². The summed E-state index contributed by atoms with van der Waals surface area (Å²) in [6.07, 6.45) is 7.05. The number of hydrogen-bond acceptors (Lipinski definition) is 4. The maximum atomic E-state index is 4.81. The minimum Gasteiger partial charge on any atom is -0.367 e. The van der Waals surface area contributed by atoms with Crippen LogP contribution in [0.2, 0.25) is 0 Å². The Morgan fingerprint density at radius 1 is 1.04 bits per heavy atom. The van der Waals surface area contributed by atoms with Gasteiger partial charge in [-0.05, 0) is 50.5 Å². The SMILES string of the molecule is Cc1cccc(-c2nc(C)sc2-c2ccnc(NC3CCCC3)c2)c1. The Balaban J connectivity index is 1.70. The molecule has 0 spiro atoms. The van der Waals surface area contributed by atoms with Crippen molar-refractivity contribution in [3.63, 3.8) is 0 Å². The van der Waals surface area contributed by atoms with E-state index in [1.165, 1.54) is 47.3 Å². The maximum absolute atomic E-state index is 4.81. The number of thiazole rings is 1. The molecule has 3 nitrogen and oxygen atoms in total. The molecule has 0 aliphatic heterocycles. The number of nitrogens with one attached hydrogen (secondary N) is 1. The van der Waals surface area contributed by atoms with Crippen LogP contribution in [0.25, 0.3) is 21.7 Å². The molecule has 3 aromatic rings. The average Bonchev–Trinajstić information content (AvgIpc) is 3.25. The first-order chi connectivity index (χ1) is 12.2. The predicted octanol–water partition coefficient (Wildman–Crippen LogP) is 5.84. The van der Waals surface area contributed by atoms with Crippen LogP contribution in [0.4, 0.5) is 5.82 Å². The number of aryl methyl sites for hydroxylation is 2. The van der Waals surface area contributed by atoms with Crippen LogP contribution in [0.3, 0.4) is 0 Å². The van der Waals surface area contributed by atoms with Crippen molar-refractivity contribution in [3.05, 3.63) is 53.2 Å². The zero-order chi connectivity index (χ0) is 17.2. The predicted molar refractivity (Wildman–Crippen MR) is 106 cm³/mol. The highest BCUT2D eigenvalue weighted by molar-refractivity contribution is 7.15. The van der Waals surface area contributed by atoms with Gasteiger partial charge in [0.15, 0.2) is 0 Å². The highest BCUT2D eigenvalue weighted by Crippen LogP contribution is 2.37. The van der Waals surface area contributed by atoms with Gasteiger partial charge in [0.25, 0.3) is 0 Å². The largest absolute Gasteiger partial charge is 0.367 e. The van der Waals surface area contributed by atoms with E-state index in [1.54, 1.807) is 11.3 Å². The molecule has 0 atom stereocenters. The maximum Gasteiger partial charge on any atom is 0.126 e. The molecule has 1 aliphatic carbocycles. The van der Waals surface area contributed by atoms with Crippen LogP contribution in [0.15, 0.2) is 42.6 Å². The van der Waals surface area contributed by atoms with Gasteiger partial charge in [-0.1, -0.05) is 36.6 Å². The molecule has 0 saturated heterocycles. The molecule has 1 aliphatic rings. The van der Waals surface area contributed by atoms with Crippen molar-refractivity contribution in [1.82, 2.24) is 9.97 Å². The van der Waals surface area contributed by atoms with Gasteiger partial charge in [-0.3, -0.25) is 0 Å². The minimum absolute atomic E-state index is 0.571. The Kier molecular flexibility index (Phi) is 4.53. The smallest absolute Gasteiger partial charge is 0.126 e. The standard InChI is InChI=1S/C21H23N3S/c1-14-6-5-7-16(12-14)20-21(25-15(2)23-20)17-10-11-22-19(13-17)24-18-8-3-4-9-18/h5-7,10-13,18H,3-4,8-9H2,1-2H3,(H,22,24). The van der Waals surface area contributed by atoms with Gasteiger partial charge >= 0.3 is 0 Å². The van der Waals surface area contributed by atoms with Crippen molar-refractivity contribution in [2.75, 3.05) is 5.32 Å². The molecule has 128 valence electrons. The molecule has 4 rings (SSSR count). The minimum atomic E-state index is 0.571. The second-order valence-electron chi connectivity index (χ2n) is 6.84. The fraction of sp³-hybridized carbons (Fsp3) is 0.333. The first-order valence-corrected chi connectivity index (χ1v) is 9.78. The fourth-order valence-electron chi connectivity index (χ4n) is 3.54. The van der Waals surface area contributed by atoms with Crippen LogP contribution < -0.4 is 5.32 Å². The molecule has 2 heterocycles. The monoisotopic (exact) mass is 349 g/mol. The highest BCUT2D eigenvalue weighted by atomic mass is 32.1. The van der Waals surface area contributed by atoms with Crippen LogP contribution in [0.5, 0.6) is 0 Å². The summed E-state index contributed by atoms with van der Waals surface area (Å²) < 4.78 is 0. The zero-order valence-corrected chi connectivity index (χ0v) is 15.6. The Morgan fingerprint density at radius 3 is 2.68 bits per heavy atom. The molecule has 0 bridgehead atoms. The summed E-state index contributed by atoms with van der Waals surface area (Å²) in [4.78, 5) is 10.6. The van der Waals surface area contributed by atoms with E-state index in [4.69, 9.17) is 4.98 Å².